The van der Waals surface area contributed by atoms with Crippen LogP contribution in [0.4, 0.5) is 0 Å². The number of piperidine rings is 1. The van der Waals surface area contributed by atoms with Gasteiger partial charge in [0.15, 0.2) is 11.5 Å². The van der Waals surface area contributed by atoms with E-state index in [0.29, 0.717) is 13.0 Å². The fourth-order valence-corrected chi connectivity index (χ4v) is 3.65. The smallest absolute Gasteiger partial charge is 0.229 e. The quantitative estimate of drug-likeness (QED) is 0.850. The molecule has 1 aliphatic heterocycles. The van der Waals surface area contributed by atoms with Crippen molar-refractivity contribution in [3.8, 4) is 11.5 Å². The van der Waals surface area contributed by atoms with Gasteiger partial charge in [-0.15, -0.1) is 0 Å². The van der Waals surface area contributed by atoms with Gasteiger partial charge in [0, 0.05) is 25.8 Å². The van der Waals surface area contributed by atoms with E-state index in [2.05, 4.69) is 0 Å². The first kappa shape index (κ1) is 16.8. The highest BCUT2D eigenvalue weighted by Gasteiger charge is 2.29. The van der Waals surface area contributed by atoms with Crippen molar-refractivity contribution in [3.05, 3.63) is 23.8 Å². The molecule has 1 saturated carbocycles. The topological polar surface area (TPSA) is 55.8 Å². The van der Waals surface area contributed by atoms with Crippen LogP contribution in [0.3, 0.4) is 0 Å². The van der Waals surface area contributed by atoms with Gasteiger partial charge in [0.05, 0.1) is 13.2 Å². The first-order valence-corrected chi connectivity index (χ1v) is 8.74. The number of methoxy groups -OCH3 is 1. The maximum Gasteiger partial charge on any atom is 0.229 e. The fraction of sp³-hybridized carbons (Fsp3) is 0.579. The van der Waals surface area contributed by atoms with Gasteiger partial charge in [0.2, 0.25) is 11.8 Å². The lowest BCUT2D eigenvalue weighted by atomic mass is 9.90. The normalized spacial score (nSPS) is 21.8. The van der Waals surface area contributed by atoms with E-state index in [1.165, 1.54) is 24.7 Å². The van der Waals surface area contributed by atoms with Gasteiger partial charge in [0.25, 0.3) is 0 Å². The first-order chi connectivity index (χ1) is 11.6. The Kier molecular flexibility index (Phi) is 5.07. The fourth-order valence-electron chi connectivity index (χ4n) is 3.65. The van der Waals surface area contributed by atoms with Crippen molar-refractivity contribution in [2.45, 2.75) is 57.5 Å². The molecule has 0 bridgehead atoms. The van der Waals surface area contributed by atoms with Crippen LogP contribution in [0.2, 0.25) is 0 Å². The third-order valence-corrected chi connectivity index (χ3v) is 5.05. The van der Waals surface area contributed by atoms with E-state index in [1.54, 1.807) is 7.11 Å². The standard InChI is InChI=1S/C19H25NO4/c1-13(21)20-12-15(8-10-19(20)22)14-7-9-17(23-2)18(11-14)24-16-5-3-4-6-16/h7,9,11,15-16H,3-6,8,10,12H2,1-2H3. The first-order valence-electron chi connectivity index (χ1n) is 8.74. The molecule has 0 radical (unpaired) electrons. The zero-order valence-electron chi connectivity index (χ0n) is 14.4. The second-order valence-corrected chi connectivity index (χ2v) is 6.69. The Bertz CT molecular complexity index is 622. The highest BCUT2D eigenvalue weighted by Crippen LogP contribution is 2.36. The summed E-state index contributed by atoms with van der Waals surface area (Å²) >= 11 is 0. The molecular formula is C19H25NO4. The number of imide groups is 1. The Hall–Kier alpha value is -2.04. The molecule has 0 N–H and O–H groups in total. The average Bonchev–Trinajstić information content (AvgIpc) is 3.08. The number of amides is 2. The summed E-state index contributed by atoms with van der Waals surface area (Å²) in [4.78, 5) is 24.9. The Morgan fingerprint density at radius 1 is 1.17 bits per heavy atom. The SMILES string of the molecule is COc1ccc(C2CCC(=O)N(C(C)=O)C2)cc1OC1CCCC1. The van der Waals surface area contributed by atoms with Crippen molar-refractivity contribution in [1.82, 2.24) is 4.90 Å². The van der Waals surface area contributed by atoms with Crippen LogP contribution in [0.1, 0.15) is 56.9 Å². The van der Waals surface area contributed by atoms with Crippen molar-refractivity contribution in [2.24, 2.45) is 0 Å². The van der Waals surface area contributed by atoms with E-state index in [9.17, 15) is 9.59 Å². The number of carbonyl (C=O) groups is 2. The van der Waals surface area contributed by atoms with E-state index in [0.717, 1.165) is 36.3 Å². The van der Waals surface area contributed by atoms with Crippen LogP contribution < -0.4 is 9.47 Å². The van der Waals surface area contributed by atoms with Crippen LogP contribution in [0.25, 0.3) is 0 Å². The predicted octanol–water partition coefficient (Wildman–Crippen LogP) is 3.27. The number of hydrogen-bond acceptors (Lipinski definition) is 4. The summed E-state index contributed by atoms with van der Waals surface area (Å²) in [7, 11) is 1.65. The largest absolute Gasteiger partial charge is 0.493 e. The van der Waals surface area contributed by atoms with Crippen molar-refractivity contribution in [2.75, 3.05) is 13.7 Å². The van der Waals surface area contributed by atoms with E-state index >= 15 is 0 Å². The molecule has 1 aliphatic carbocycles. The Morgan fingerprint density at radius 3 is 2.58 bits per heavy atom. The molecule has 0 spiro atoms. The number of carbonyl (C=O) groups excluding carboxylic acids is 2. The minimum absolute atomic E-state index is 0.0744. The minimum atomic E-state index is -0.180. The number of hydrogen-bond donors (Lipinski definition) is 0. The summed E-state index contributed by atoms with van der Waals surface area (Å²) in [6.45, 7) is 1.90. The lowest BCUT2D eigenvalue weighted by Gasteiger charge is -2.31. The zero-order chi connectivity index (χ0) is 17.1. The summed E-state index contributed by atoms with van der Waals surface area (Å²) in [5.74, 6) is 1.41. The second kappa shape index (κ2) is 7.24. The molecule has 1 saturated heterocycles. The van der Waals surface area contributed by atoms with E-state index < -0.39 is 0 Å². The number of likely N-dealkylation sites (tertiary alicyclic amines) is 1. The number of rotatable bonds is 4. The van der Waals surface area contributed by atoms with Gasteiger partial charge in [-0.05, 0) is 49.8 Å². The summed E-state index contributed by atoms with van der Waals surface area (Å²) in [5.41, 5.74) is 1.10. The highest BCUT2D eigenvalue weighted by atomic mass is 16.5. The molecule has 2 fully saturated rings. The van der Waals surface area contributed by atoms with Gasteiger partial charge >= 0.3 is 0 Å². The second-order valence-electron chi connectivity index (χ2n) is 6.69. The van der Waals surface area contributed by atoms with Gasteiger partial charge < -0.3 is 9.47 Å². The molecule has 5 heteroatoms. The number of benzene rings is 1. The summed E-state index contributed by atoms with van der Waals surface area (Å²) in [6, 6.07) is 5.96. The van der Waals surface area contributed by atoms with Gasteiger partial charge in [0.1, 0.15) is 0 Å². The molecule has 24 heavy (non-hydrogen) atoms. The molecule has 1 unspecified atom stereocenters. The highest BCUT2D eigenvalue weighted by molar-refractivity contribution is 5.94. The molecular weight excluding hydrogens is 306 g/mol. The monoisotopic (exact) mass is 331 g/mol. The number of nitrogens with zero attached hydrogens (tertiary/aromatic N) is 1. The van der Waals surface area contributed by atoms with Crippen molar-refractivity contribution in [3.63, 3.8) is 0 Å². The van der Waals surface area contributed by atoms with Crippen molar-refractivity contribution >= 4 is 11.8 Å². The summed E-state index contributed by atoms with van der Waals surface area (Å²) < 4.78 is 11.6. The van der Waals surface area contributed by atoms with Crippen molar-refractivity contribution in [1.29, 1.82) is 0 Å². The van der Waals surface area contributed by atoms with Crippen molar-refractivity contribution < 1.29 is 19.1 Å². The summed E-state index contributed by atoms with van der Waals surface area (Å²) in [5, 5.41) is 0. The Morgan fingerprint density at radius 2 is 1.92 bits per heavy atom. The van der Waals surface area contributed by atoms with Gasteiger partial charge in [-0.25, -0.2) is 0 Å². The molecule has 1 aromatic rings. The Labute approximate surface area is 142 Å². The van der Waals surface area contributed by atoms with Crippen LogP contribution >= 0.6 is 0 Å². The molecule has 1 heterocycles. The van der Waals surface area contributed by atoms with Crippen LogP contribution in [0.5, 0.6) is 11.5 Å². The molecule has 0 aromatic heterocycles. The minimum Gasteiger partial charge on any atom is -0.493 e. The average molecular weight is 331 g/mol. The molecule has 2 aliphatic rings. The maximum atomic E-state index is 11.9. The molecule has 1 aromatic carbocycles. The molecule has 130 valence electrons. The van der Waals surface area contributed by atoms with E-state index in [1.807, 2.05) is 18.2 Å². The number of ether oxygens (including phenoxy) is 2. The van der Waals surface area contributed by atoms with Gasteiger partial charge in [-0.1, -0.05) is 6.07 Å². The lowest BCUT2D eigenvalue weighted by molar-refractivity contribution is -0.145. The maximum absolute atomic E-state index is 11.9. The van der Waals surface area contributed by atoms with Crippen LogP contribution in [-0.4, -0.2) is 36.5 Å². The zero-order valence-corrected chi connectivity index (χ0v) is 14.4. The Balaban J connectivity index is 1.80. The predicted molar refractivity (Wildman–Crippen MR) is 90.2 cm³/mol. The lowest BCUT2D eigenvalue weighted by Crippen LogP contribution is -2.42. The van der Waals surface area contributed by atoms with Crippen LogP contribution in [0, 0.1) is 0 Å². The van der Waals surface area contributed by atoms with Crippen LogP contribution in [0.15, 0.2) is 18.2 Å². The van der Waals surface area contributed by atoms with Crippen LogP contribution in [-0.2, 0) is 9.59 Å². The molecule has 1 atom stereocenters. The van der Waals surface area contributed by atoms with E-state index in [-0.39, 0.29) is 23.8 Å². The summed E-state index contributed by atoms with van der Waals surface area (Å²) in [6.07, 6.45) is 6.03. The van der Waals surface area contributed by atoms with E-state index in [4.69, 9.17) is 9.47 Å². The molecule has 3 rings (SSSR count). The van der Waals surface area contributed by atoms with Gasteiger partial charge in [-0.2, -0.15) is 0 Å². The molecule has 2 amide bonds. The third-order valence-electron chi connectivity index (χ3n) is 5.05. The molecule has 5 nitrogen and oxygen atoms in total. The van der Waals surface area contributed by atoms with Gasteiger partial charge in [-0.3, -0.25) is 14.5 Å². The third kappa shape index (κ3) is 3.55.